The fourth-order valence-electron chi connectivity index (χ4n) is 3.90. The molecular weight excluding hydrogens is 361 g/mol. The zero-order valence-electron chi connectivity index (χ0n) is 12.2. The summed E-state index contributed by atoms with van der Waals surface area (Å²) in [7, 11) is 0. The van der Waals surface area contributed by atoms with Crippen LogP contribution in [-0.2, 0) is 0 Å². The normalized spacial score (nSPS) is 27.5. The SMILES string of the molecule is CCCNC1CC(Oc2ccc(I)cc2)C12CCCC2. The Hall–Kier alpha value is -0.290. The summed E-state index contributed by atoms with van der Waals surface area (Å²) in [6, 6.07) is 9.15. The molecule has 0 amide bonds. The Morgan fingerprint density at radius 3 is 2.60 bits per heavy atom. The molecule has 110 valence electrons. The quantitative estimate of drug-likeness (QED) is 0.760. The Labute approximate surface area is 135 Å². The highest BCUT2D eigenvalue weighted by Gasteiger charge is 2.57. The van der Waals surface area contributed by atoms with Crippen LogP contribution < -0.4 is 10.1 Å². The zero-order valence-corrected chi connectivity index (χ0v) is 14.4. The van der Waals surface area contributed by atoms with Crippen LogP contribution in [0.5, 0.6) is 5.75 Å². The molecule has 0 radical (unpaired) electrons. The second-order valence-corrected chi connectivity index (χ2v) is 7.49. The molecule has 3 heteroatoms. The van der Waals surface area contributed by atoms with E-state index < -0.39 is 0 Å². The number of hydrogen-bond acceptors (Lipinski definition) is 2. The van der Waals surface area contributed by atoms with E-state index in [4.69, 9.17) is 4.74 Å². The first kappa shape index (κ1) is 14.6. The lowest BCUT2D eigenvalue weighted by Crippen LogP contribution is -2.63. The van der Waals surface area contributed by atoms with Gasteiger partial charge in [0.2, 0.25) is 0 Å². The summed E-state index contributed by atoms with van der Waals surface area (Å²) in [5.74, 6) is 1.04. The van der Waals surface area contributed by atoms with Gasteiger partial charge in [-0.25, -0.2) is 0 Å². The molecule has 1 aromatic carbocycles. The fourth-order valence-corrected chi connectivity index (χ4v) is 4.26. The molecule has 2 nitrogen and oxygen atoms in total. The monoisotopic (exact) mass is 385 g/mol. The summed E-state index contributed by atoms with van der Waals surface area (Å²) in [6.45, 7) is 3.38. The minimum Gasteiger partial charge on any atom is -0.490 e. The standard InChI is InChI=1S/C17H24INO/c1-2-11-19-15-12-16(17(15)9-3-4-10-17)20-14-7-5-13(18)6-8-14/h5-8,15-16,19H,2-4,9-12H2,1H3. The van der Waals surface area contributed by atoms with Crippen molar-refractivity contribution in [3.63, 3.8) is 0 Å². The van der Waals surface area contributed by atoms with Gasteiger partial charge in [-0.15, -0.1) is 0 Å². The highest BCUT2D eigenvalue weighted by atomic mass is 127. The number of hydrogen-bond donors (Lipinski definition) is 1. The van der Waals surface area contributed by atoms with Gasteiger partial charge >= 0.3 is 0 Å². The molecule has 1 spiro atoms. The highest BCUT2D eigenvalue weighted by Crippen LogP contribution is 2.54. The molecule has 1 N–H and O–H groups in total. The van der Waals surface area contributed by atoms with Crippen LogP contribution in [0, 0.1) is 8.99 Å². The Morgan fingerprint density at radius 2 is 1.95 bits per heavy atom. The van der Waals surface area contributed by atoms with Crippen LogP contribution in [0.1, 0.15) is 45.4 Å². The fraction of sp³-hybridized carbons (Fsp3) is 0.647. The molecule has 2 atom stereocenters. The minimum absolute atomic E-state index is 0.415. The van der Waals surface area contributed by atoms with Crippen LogP contribution in [0.3, 0.4) is 0 Å². The molecule has 0 bridgehead atoms. The van der Waals surface area contributed by atoms with E-state index in [-0.39, 0.29) is 0 Å². The zero-order chi connectivity index (χ0) is 14.0. The molecule has 0 saturated heterocycles. The number of nitrogens with one attached hydrogen (secondary N) is 1. The van der Waals surface area contributed by atoms with Crippen LogP contribution in [0.25, 0.3) is 0 Å². The van der Waals surface area contributed by atoms with E-state index >= 15 is 0 Å². The first-order valence-electron chi connectivity index (χ1n) is 7.90. The summed E-state index contributed by atoms with van der Waals surface area (Å²) in [5.41, 5.74) is 0.415. The molecule has 20 heavy (non-hydrogen) atoms. The molecule has 0 aromatic heterocycles. The summed E-state index contributed by atoms with van der Waals surface area (Å²) >= 11 is 2.34. The van der Waals surface area contributed by atoms with Gasteiger partial charge in [0.1, 0.15) is 11.9 Å². The average Bonchev–Trinajstić information content (AvgIpc) is 2.96. The van der Waals surface area contributed by atoms with E-state index in [1.165, 1.54) is 42.1 Å². The summed E-state index contributed by atoms with van der Waals surface area (Å²) in [4.78, 5) is 0. The lowest BCUT2D eigenvalue weighted by molar-refractivity contribution is -0.0759. The van der Waals surface area contributed by atoms with Gasteiger partial charge in [-0.2, -0.15) is 0 Å². The van der Waals surface area contributed by atoms with Gasteiger partial charge in [0.15, 0.2) is 0 Å². The van der Waals surface area contributed by atoms with E-state index in [1.54, 1.807) is 0 Å². The number of halogens is 1. The van der Waals surface area contributed by atoms with Crippen LogP contribution in [-0.4, -0.2) is 18.7 Å². The lowest BCUT2D eigenvalue weighted by Gasteiger charge is -2.54. The van der Waals surface area contributed by atoms with Gasteiger partial charge < -0.3 is 10.1 Å². The van der Waals surface area contributed by atoms with E-state index in [0.717, 1.165) is 12.3 Å². The Bertz CT molecular complexity index is 439. The largest absolute Gasteiger partial charge is 0.490 e. The second-order valence-electron chi connectivity index (χ2n) is 6.24. The van der Waals surface area contributed by atoms with Crippen LogP contribution >= 0.6 is 22.6 Å². The van der Waals surface area contributed by atoms with Crippen molar-refractivity contribution in [2.75, 3.05) is 6.54 Å². The smallest absolute Gasteiger partial charge is 0.119 e. The average molecular weight is 385 g/mol. The summed E-state index contributed by atoms with van der Waals surface area (Å²) in [6.07, 6.45) is 8.22. The Morgan fingerprint density at radius 1 is 1.25 bits per heavy atom. The molecular formula is C17H24INO. The third-order valence-electron chi connectivity index (χ3n) is 5.05. The maximum atomic E-state index is 6.31. The van der Waals surface area contributed by atoms with Gasteiger partial charge in [0.25, 0.3) is 0 Å². The van der Waals surface area contributed by atoms with Gasteiger partial charge in [-0.1, -0.05) is 19.8 Å². The molecule has 2 aliphatic carbocycles. The number of ether oxygens (including phenoxy) is 1. The first-order valence-corrected chi connectivity index (χ1v) is 8.98. The van der Waals surface area contributed by atoms with Crippen molar-refractivity contribution in [1.29, 1.82) is 0 Å². The molecule has 1 aromatic rings. The molecule has 2 fully saturated rings. The molecule has 2 saturated carbocycles. The molecule has 0 aliphatic heterocycles. The second kappa shape index (κ2) is 6.22. The van der Waals surface area contributed by atoms with Crippen LogP contribution in [0.4, 0.5) is 0 Å². The maximum absolute atomic E-state index is 6.31. The van der Waals surface area contributed by atoms with Crippen LogP contribution in [0.2, 0.25) is 0 Å². The van der Waals surface area contributed by atoms with E-state index in [1.807, 2.05) is 0 Å². The molecule has 3 rings (SSSR count). The van der Waals surface area contributed by atoms with Gasteiger partial charge in [0.05, 0.1) is 0 Å². The third-order valence-corrected chi connectivity index (χ3v) is 5.77. The van der Waals surface area contributed by atoms with Crippen molar-refractivity contribution in [3.05, 3.63) is 27.8 Å². The van der Waals surface area contributed by atoms with Gasteiger partial charge in [-0.05, 0) is 72.7 Å². The van der Waals surface area contributed by atoms with Crippen molar-refractivity contribution < 1.29 is 4.74 Å². The van der Waals surface area contributed by atoms with Crippen molar-refractivity contribution in [2.24, 2.45) is 5.41 Å². The predicted octanol–water partition coefficient (Wildman–Crippen LogP) is 4.37. The van der Waals surface area contributed by atoms with Crippen molar-refractivity contribution in [3.8, 4) is 5.75 Å². The minimum atomic E-state index is 0.415. The van der Waals surface area contributed by atoms with Crippen molar-refractivity contribution >= 4 is 22.6 Å². The Balaban J connectivity index is 1.66. The summed E-state index contributed by atoms with van der Waals surface area (Å²) in [5, 5.41) is 3.75. The predicted molar refractivity (Wildman–Crippen MR) is 91.2 cm³/mol. The van der Waals surface area contributed by atoms with E-state index in [2.05, 4.69) is 59.1 Å². The maximum Gasteiger partial charge on any atom is 0.119 e. The first-order chi connectivity index (χ1) is 9.74. The molecule has 2 unspecified atom stereocenters. The van der Waals surface area contributed by atoms with E-state index in [0.29, 0.717) is 17.6 Å². The Kier molecular flexibility index (Phi) is 4.55. The topological polar surface area (TPSA) is 21.3 Å². The van der Waals surface area contributed by atoms with Crippen LogP contribution in [0.15, 0.2) is 24.3 Å². The molecule has 2 aliphatic rings. The van der Waals surface area contributed by atoms with Gasteiger partial charge in [-0.3, -0.25) is 0 Å². The lowest BCUT2D eigenvalue weighted by atomic mass is 9.60. The number of rotatable bonds is 5. The number of benzene rings is 1. The summed E-state index contributed by atoms with van der Waals surface area (Å²) < 4.78 is 7.58. The van der Waals surface area contributed by atoms with E-state index in [9.17, 15) is 0 Å². The third kappa shape index (κ3) is 2.71. The van der Waals surface area contributed by atoms with Crippen molar-refractivity contribution in [2.45, 2.75) is 57.6 Å². The highest BCUT2D eigenvalue weighted by molar-refractivity contribution is 14.1. The molecule has 0 heterocycles. The van der Waals surface area contributed by atoms with Gasteiger partial charge in [0, 0.05) is 21.4 Å². The van der Waals surface area contributed by atoms with Crippen molar-refractivity contribution in [1.82, 2.24) is 5.32 Å².